The van der Waals surface area contributed by atoms with Gasteiger partial charge in [0.15, 0.2) is 5.82 Å². The molecule has 0 atom stereocenters. The molecule has 0 unspecified atom stereocenters. The molecule has 1 aromatic heterocycles. The van der Waals surface area contributed by atoms with Crippen LogP contribution in [0.15, 0.2) is 36.7 Å². The smallest absolute Gasteiger partial charge is 0.327 e. The van der Waals surface area contributed by atoms with Crippen LogP contribution in [-0.2, 0) is 16.2 Å². The van der Waals surface area contributed by atoms with Gasteiger partial charge < -0.3 is 14.9 Å². The summed E-state index contributed by atoms with van der Waals surface area (Å²) in [6.07, 6.45) is 3.11. The van der Waals surface area contributed by atoms with Gasteiger partial charge in [-0.3, -0.25) is 4.79 Å². The highest BCUT2D eigenvalue weighted by Crippen LogP contribution is 2.32. The zero-order chi connectivity index (χ0) is 20.4. The number of nitrogens with one attached hydrogen (secondary N) is 2. The highest BCUT2D eigenvalue weighted by Gasteiger charge is 2.31. The van der Waals surface area contributed by atoms with Crippen LogP contribution < -0.4 is 15.5 Å². The van der Waals surface area contributed by atoms with Gasteiger partial charge in [-0.1, -0.05) is 17.7 Å². The molecule has 1 heterocycles. The number of fused-ring (bicyclic) bond motifs is 1. The van der Waals surface area contributed by atoms with Gasteiger partial charge in [0.2, 0.25) is 0 Å². The summed E-state index contributed by atoms with van der Waals surface area (Å²) in [7, 11) is 1.54. The van der Waals surface area contributed by atoms with E-state index < -0.39 is 5.82 Å². The second-order valence-corrected chi connectivity index (χ2v) is 7.05. The molecule has 3 aromatic rings. The second-order valence-electron chi connectivity index (χ2n) is 6.65. The van der Waals surface area contributed by atoms with Crippen LogP contribution in [0.4, 0.5) is 15.9 Å². The van der Waals surface area contributed by atoms with Gasteiger partial charge >= 0.3 is 5.97 Å². The number of nitrogens with zero attached hydrogens (tertiary/aromatic N) is 2. The molecule has 1 aliphatic rings. The lowest BCUT2D eigenvalue weighted by molar-refractivity contribution is -0.153. The van der Waals surface area contributed by atoms with Crippen molar-refractivity contribution < 1.29 is 18.8 Å². The third kappa shape index (κ3) is 4.23. The molecule has 7 nitrogen and oxygen atoms in total. The van der Waals surface area contributed by atoms with Crippen LogP contribution in [-0.4, -0.2) is 23.0 Å². The molecule has 1 saturated carbocycles. The number of hydrogen-bond donors (Lipinski definition) is 2. The number of hydrogen-bond acceptors (Lipinski definition) is 7. The maximum atomic E-state index is 14.3. The summed E-state index contributed by atoms with van der Waals surface area (Å²) in [4.78, 5) is 25.3. The first-order valence-electron chi connectivity index (χ1n) is 9.03. The second kappa shape index (κ2) is 8.18. The summed E-state index contributed by atoms with van der Waals surface area (Å²) in [5, 5.41) is 3.62. The summed E-state index contributed by atoms with van der Waals surface area (Å²) in [6, 6.07) is 8.23. The average Bonchev–Trinajstić information content (AvgIpc) is 3.56. The van der Waals surface area contributed by atoms with Crippen molar-refractivity contribution >= 4 is 40.0 Å². The normalized spacial score (nSPS) is 13.3. The predicted molar refractivity (Wildman–Crippen MR) is 106 cm³/mol. The van der Waals surface area contributed by atoms with E-state index in [4.69, 9.17) is 21.2 Å². The van der Waals surface area contributed by atoms with Crippen LogP contribution in [0, 0.1) is 11.7 Å². The van der Waals surface area contributed by atoms with E-state index in [1.165, 1.54) is 12.4 Å². The lowest BCUT2D eigenvalue weighted by Gasteiger charge is -2.14. The third-order valence-electron chi connectivity index (χ3n) is 4.59. The molecule has 0 bridgehead atoms. The first-order chi connectivity index (χ1) is 14.1. The first kappa shape index (κ1) is 19.4. The summed E-state index contributed by atoms with van der Waals surface area (Å²) >= 11 is 5.86. The molecule has 0 spiro atoms. The zero-order valence-corrected chi connectivity index (χ0v) is 16.3. The highest BCUT2D eigenvalue weighted by atomic mass is 35.5. The molecule has 0 amide bonds. The van der Waals surface area contributed by atoms with Gasteiger partial charge in [0.25, 0.3) is 0 Å². The standard InChI is InChI=1S/C20H18ClFN4O3/c1-28-17-8-16-13(7-12(17)9-25-29-20(27)11-5-6-11)19(24-10-23-16)26-15-4-2-3-14(21)18(15)22/h2-4,7-8,10-11,25H,5-6,9H2,1H3,(H,23,24,26). The minimum atomic E-state index is -0.566. The molecule has 1 aliphatic carbocycles. The van der Waals surface area contributed by atoms with Crippen molar-refractivity contribution in [3.63, 3.8) is 0 Å². The number of aromatic nitrogens is 2. The van der Waals surface area contributed by atoms with E-state index in [9.17, 15) is 9.18 Å². The predicted octanol–water partition coefficient (Wildman–Crippen LogP) is 4.13. The number of ether oxygens (including phenoxy) is 1. The van der Waals surface area contributed by atoms with Gasteiger partial charge in [-0.25, -0.2) is 14.4 Å². The van der Waals surface area contributed by atoms with Crippen molar-refractivity contribution in [2.45, 2.75) is 19.4 Å². The summed E-state index contributed by atoms with van der Waals surface area (Å²) in [6.45, 7) is 0.234. The van der Waals surface area contributed by atoms with Crippen molar-refractivity contribution in [1.29, 1.82) is 0 Å². The maximum Gasteiger partial charge on any atom is 0.327 e. The Bertz CT molecular complexity index is 1080. The van der Waals surface area contributed by atoms with E-state index >= 15 is 0 Å². The summed E-state index contributed by atoms with van der Waals surface area (Å²) in [5.74, 6) is 0.161. The molecule has 2 aromatic carbocycles. The van der Waals surface area contributed by atoms with Gasteiger partial charge in [-0.2, -0.15) is 0 Å². The molecule has 0 radical (unpaired) electrons. The van der Waals surface area contributed by atoms with Gasteiger partial charge in [0, 0.05) is 17.0 Å². The lowest BCUT2D eigenvalue weighted by atomic mass is 10.1. The zero-order valence-electron chi connectivity index (χ0n) is 15.5. The minimum absolute atomic E-state index is 0.00204. The molecular weight excluding hydrogens is 399 g/mol. The van der Waals surface area contributed by atoms with Gasteiger partial charge in [-0.15, -0.1) is 5.48 Å². The molecule has 0 saturated heterocycles. The van der Waals surface area contributed by atoms with E-state index in [1.807, 2.05) is 0 Å². The van der Waals surface area contributed by atoms with E-state index in [0.717, 1.165) is 18.4 Å². The van der Waals surface area contributed by atoms with E-state index in [-0.39, 0.29) is 29.1 Å². The Morgan fingerprint density at radius 3 is 2.90 bits per heavy atom. The van der Waals surface area contributed by atoms with Crippen molar-refractivity contribution in [2.75, 3.05) is 12.4 Å². The largest absolute Gasteiger partial charge is 0.496 e. The van der Waals surface area contributed by atoms with Crippen LogP contribution in [0.5, 0.6) is 5.75 Å². The molecule has 0 aliphatic heterocycles. The monoisotopic (exact) mass is 416 g/mol. The molecule has 9 heteroatoms. The van der Waals surface area contributed by atoms with Crippen LogP contribution >= 0.6 is 11.6 Å². The maximum absolute atomic E-state index is 14.3. The van der Waals surface area contributed by atoms with E-state index in [1.54, 1.807) is 31.4 Å². The number of halogens is 2. The quantitative estimate of drug-likeness (QED) is 0.560. The van der Waals surface area contributed by atoms with E-state index in [2.05, 4.69) is 20.8 Å². The number of carbonyl (C=O) groups excluding carboxylic acids is 1. The Morgan fingerprint density at radius 2 is 2.14 bits per heavy atom. The van der Waals surface area contributed by atoms with Crippen LogP contribution in [0.2, 0.25) is 5.02 Å². The number of hydroxylamine groups is 1. The molecule has 1 fully saturated rings. The van der Waals surface area contributed by atoms with Crippen LogP contribution in [0.1, 0.15) is 18.4 Å². The van der Waals surface area contributed by atoms with Crippen LogP contribution in [0.3, 0.4) is 0 Å². The topological polar surface area (TPSA) is 85.4 Å². The summed E-state index contributed by atoms with van der Waals surface area (Å²) < 4.78 is 19.7. The number of rotatable bonds is 7. The molecule has 2 N–H and O–H groups in total. The first-order valence-corrected chi connectivity index (χ1v) is 9.41. The Labute approximate surface area is 171 Å². The van der Waals surface area contributed by atoms with Crippen molar-refractivity contribution in [2.24, 2.45) is 5.92 Å². The Kier molecular flexibility index (Phi) is 5.46. The fourth-order valence-corrected chi connectivity index (χ4v) is 3.05. The van der Waals surface area contributed by atoms with Crippen molar-refractivity contribution in [3.8, 4) is 5.75 Å². The van der Waals surface area contributed by atoms with Gasteiger partial charge in [-0.05, 0) is 31.0 Å². The molecule has 150 valence electrons. The Balaban J connectivity index is 1.63. The van der Waals surface area contributed by atoms with Crippen molar-refractivity contribution in [1.82, 2.24) is 15.4 Å². The lowest BCUT2D eigenvalue weighted by Crippen LogP contribution is -2.20. The molecule has 29 heavy (non-hydrogen) atoms. The highest BCUT2D eigenvalue weighted by molar-refractivity contribution is 6.31. The number of methoxy groups -OCH3 is 1. The Morgan fingerprint density at radius 1 is 1.31 bits per heavy atom. The number of carbonyl (C=O) groups is 1. The fourth-order valence-electron chi connectivity index (χ4n) is 2.87. The van der Waals surface area contributed by atoms with Crippen molar-refractivity contribution in [3.05, 3.63) is 53.1 Å². The SMILES string of the molecule is COc1cc2ncnc(Nc3cccc(Cl)c3F)c2cc1CNOC(=O)C1CC1. The molecule has 4 rings (SSSR count). The molecular formula is C20H18ClFN4O3. The minimum Gasteiger partial charge on any atom is -0.496 e. The summed E-state index contributed by atoms with van der Waals surface area (Å²) in [5.41, 5.74) is 4.22. The van der Waals surface area contributed by atoms with E-state index in [0.29, 0.717) is 22.5 Å². The van der Waals surface area contributed by atoms with Crippen LogP contribution in [0.25, 0.3) is 10.9 Å². The third-order valence-corrected chi connectivity index (χ3v) is 4.88. The average molecular weight is 417 g/mol. The van der Waals surface area contributed by atoms with Gasteiger partial charge in [0.1, 0.15) is 17.9 Å². The number of anilines is 2. The fraction of sp³-hybridized carbons (Fsp3) is 0.250. The Hall–Kier alpha value is -2.97. The van der Waals surface area contributed by atoms with Gasteiger partial charge in [0.05, 0.1) is 35.8 Å². The number of benzene rings is 2.